The summed E-state index contributed by atoms with van der Waals surface area (Å²) in [4.78, 5) is 25.8. The zero-order valence-corrected chi connectivity index (χ0v) is 18.4. The van der Waals surface area contributed by atoms with E-state index in [4.69, 9.17) is 10.7 Å². The Kier molecular flexibility index (Phi) is 6.14. The quantitative estimate of drug-likeness (QED) is 0.528. The van der Waals surface area contributed by atoms with Gasteiger partial charge in [0.2, 0.25) is 0 Å². The molecule has 0 spiro atoms. The number of phenols is 1. The van der Waals surface area contributed by atoms with Gasteiger partial charge in [0, 0.05) is 37.3 Å². The maximum atomic E-state index is 12.6. The fourth-order valence-corrected chi connectivity index (χ4v) is 4.05. The van der Waals surface area contributed by atoms with E-state index in [9.17, 15) is 15.0 Å². The van der Waals surface area contributed by atoms with Gasteiger partial charge in [-0.1, -0.05) is 26.0 Å². The first-order valence-electron chi connectivity index (χ1n) is 10.9. The van der Waals surface area contributed by atoms with Gasteiger partial charge >= 0.3 is 0 Å². The fraction of sp³-hybridized carbons (Fsp3) is 0.375. The molecule has 1 aromatic heterocycles. The number of para-hydroxylation sites is 1. The highest BCUT2D eigenvalue weighted by atomic mass is 16.3. The van der Waals surface area contributed by atoms with Crippen LogP contribution in [0, 0.1) is 5.92 Å². The molecule has 1 atom stereocenters. The van der Waals surface area contributed by atoms with Crippen LogP contribution in [0.1, 0.15) is 20.3 Å². The van der Waals surface area contributed by atoms with Gasteiger partial charge in [-0.25, -0.2) is 9.97 Å². The Hall–Kier alpha value is -3.39. The van der Waals surface area contributed by atoms with Crippen LogP contribution in [0.4, 0.5) is 11.5 Å². The van der Waals surface area contributed by atoms with Crippen LogP contribution in [0.15, 0.2) is 42.5 Å². The molecule has 1 saturated heterocycles. The molecule has 0 saturated carbocycles. The second-order valence-electron chi connectivity index (χ2n) is 8.62. The molecule has 32 heavy (non-hydrogen) atoms. The lowest BCUT2D eigenvalue weighted by atomic mass is 10.0. The van der Waals surface area contributed by atoms with E-state index in [0.717, 1.165) is 16.7 Å². The maximum absolute atomic E-state index is 12.6. The molecule has 1 amide bonds. The molecule has 1 aliphatic heterocycles. The SMILES string of the molecule is CC(C)C[C@@H](O)C(=O)N1CCN(c2nc(-c3ccccc3O)nc3ccc(N)cc23)CC1. The molecule has 0 bridgehead atoms. The van der Waals surface area contributed by atoms with Crippen molar-refractivity contribution in [1.82, 2.24) is 14.9 Å². The van der Waals surface area contributed by atoms with Gasteiger partial charge < -0.3 is 25.7 Å². The van der Waals surface area contributed by atoms with Crippen LogP contribution in [0.5, 0.6) is 5.75 Å². The minimum Gasteiger partial charge on any atom is -0.507 e. The van der Waals surface area contributed by atoms with Crippen molar-refractivity contribution >= 4 is 28.3 Å². The lowest BCUT2D eigenvalue weighted by Gasteiger charge is -2.37. The highest BCUT2D eigenvalue weighted by molar-refractivity contribution is 5.93. The van der Waals surface area contributed by atoms with Crippen LogP contribution in [0.3, 0.4) is 0 Å². The van der Waals surface area contributed by atoms with Crippen molar-refractivity contribution < 1.29 is 15.0 Å². The largest absolute Gasteiger partial charge is 0.507 e. The van der Waals surface area contributed by atoms with Crippen LogP contribution in [-0.4, -0.2) is 63.3 Å². The Morgan fingerprint density at radius 1 is 1.09 bits per heavy atom. The van der Waals surface area contributed by atoms with E-state index in [0.29, 0.717) is 49.7 Å². The van der Waals surface area contributed by atoms with Crippen LogP contribution >= 0.6 is 0 Å². The van der Waals surface area contributed by atoms with Crippen LogP contribution in [0.25, 0.3) is 22.3 Å². The molecule has 4 N–H and O–H groups in total. The molecule has 1 aliphatic rings. The standard InChI is InChI=1S/C24H29N5O3/c1-15(2)13-21(31)24(32)29-11-9-28(10-12-29)23-18-14-16(25)7-8-19(18)26-22(27-23)17-5-3-4-6-20(17)30/h3-8,14-15,21,30-31H,9-13,25H2,1-2H3/t21-/m1/s1. The third-order valence-corrected chi connectivity index (χ3v) is 5.72. The van der Waals surface area contributed by atoms with E-state index >= 15 is 0 Å². The number of amides is 1. The van der Waals surface area contributed by atoms with Crippen molar-refractivity contribution in [1.29, 1.82) is 0 Å². The number of phenolic OH excluding ortho intramolecular Hbond substituents is 1. The molecule has 3 aromatic rings. The number of aromatic hydroxyl groups is 1. The normalized spacial score (nSPS) is 15.4. The number of aliphatic hydroxyl groups excluding tert-OH is 1. The van der Waals surface area contributed by atoms with E-state index in [1.165, 1.54) is 0 Å². The topological polar surface area (TPSA) is 116 Å². The highest BCUT2D eigenvalue weighted by Gasteiger charge is 2.28. The lowest BCUT2D eigenvalue weighted by Crippen LogP contribution is -2.52. The molecule has 0 radical (unpaired) electrons. The summed E-state index contributed by atoms with van der Waals surface area (Å²) in [7, 11) is 0. The summed E-state index contributed by atoms with van der Waals surface area (Å²) < 4.78 is 0. The van der Waals surface area contributed by atoms with Crippen molar-refractivity contribution in [2.24, 2.45) is 5.92 Å². The van der Waals surface area contributed by atoms with E-state index < -0.39 is 6.10 Å². The number of benzene rings is 2. The number of hydrogen-bond donors (Lipinski definition) is 3. The number of rotatable bonds is 5. The number of hydrogen-bond acceptors (Lipinski definition) is 7. The molecule has 2 heterocycles. The molecule has 168 valence electrons. The van der Waals surface area contributed by atoms with Gasteiger partial charge in [0.15, 0.2) is 5.82 Å². The first-order valence-corrected chi connectivity index (χ1v) is 10.9. The molecule has 0 unspecified atom stereocenters. The number of aromatic nitrogens is 2. The van der Waals surface area contributed by atoms with Crippen molar-refractivity contribution in [3.05, 3.63) is 42.5 Å². The number of carbonyl (C=O) groups excluding carboxylic acids is 1. The fourth-order valence-electron chi connectivity index (χ4n) is 4.05. The second kappa shape index (κ2) is 9.00. The van der Waals surface area contributed by atoms with Gasteiger partial charge in [0.25, 0.3) is 5.91 Å². The number of nitrogens with zero attached hydrogens (tertiary/aromatic N) is 4. The second-order valence-corrected chi connectivity index (χ2v) is 8.62. The molecule has 0 aliphatic carbocycles. The number of carbonyl (C=O) groups is 1. The summed E-state index contributed by atoms with van der Waals surface area (Å²) in [6.07, 6.45) is -0.507. The molecule has 8 nitrogen and oxygen atoms in total. The van der Waals surface area contributed by atoms with Gasteiger partial charge in [0.1, 0.15) is 17.7 Å². The average molecular weight is 436 g/mol. The van der Waals surface area contributed by atoms with Gasteiger partial charge in [-0.05, 0) is 42.7 Å². The summed E-state index contributed by atoms with van der Waals surface area (Å²) in [6, 6.07) is 12.5. The minimum absolute atomic E-state index is 0.114. The molecular weight excluding hydrogens is 406 g/mol. The summed E-state index contributed by atoms with van der Waals surface area (Å²) in [5.74, 6) is 1.30. The first-order chi connectivity index (χ1) is 15.3. The maximum Gasteiger partial charge on any atom is 0.251 e. The lowest BCUT2D eigenvalue weighted by molar-refractivity contribution is -0.141. The number of fused-ring (bicyclic) bond motifs is 1. The summed E-state index contributed by atoms with van der Waals surface area (Å²) in [6.45, 7) is 6.11. The zero-order chi connectivity index (χ0) is 22.8. The highest BCUT2D eigenvalue weighted by Crippen LogP contribution is 2.32. The number of anilines is 2. The molecular formula is C24H29N5O3. The molecule has 1 fully saturated rings. The van der Waals surface area contributed by atoms with E-state index in [1.807, 2.05) is 32.0 Å². The smallest absolute Gasteiger partial charge is 0.251 e. The number of aliphatic hydroxyl groups is 1. The van der Waals surface area contributed by atoms with E-state index in [1.54, 1.807) is 29.2 Å². The van der Waals surface area contributed by atoms with Crippen LogP contribution < -0.4 is 10.6 Å². The number of nitrogen functional groups attached to an aromatic ring is 1. The van der Waals surface area contributed by atoms with Gasteiger partial charge in [0.05, 0.1) is 11.1 Å². The third-order valence-electron chi connectivity index (χ3n) is 5.72. The Morgan fingerprint density at radius 3 is 2.50 bits per heavy atom. The monoisotopic (exact) mass is 435 g/mol. The van der Waals surface area contributed by atoms with Crippen molar-refractivity contribution in [3.63, 3.8) is 0 Å². The predicted molar refractivity (Wildman–Crippen MR) is 125 cm³/mol. The average Bonchev–Trinajstić information content (AvgIpc) is 2.78. The van der Waals surface area contributed by atoms with Crippen molar-refractivity contribution in [2.75, 3.05) is 36.8 Å². The Labute approximate surface area is 187 Å². The Bertz CT molecular complexity index is 1130. The van der Waals surface area contributed by atoms with Crippen molar-refractivity contribution in [2.45, 2.75) is 26.4 Å². The third kappa shape index (κ3) is 4.45. The molecule has 4 rings (SSSR count). The predicted octanol–water partition coefficient (Wildman–Crippen LogP) is 2.64. The first kappa shape index (κ1) is 21.8. The molecule has 2 aromatic carbocycles. The Morgan fingerprint density at radius 2 is 1.81 bits per heavy atom. The molecule has 8 heteroatoms. The van der Waals surface area contributed by atoms with Crippen LogP contribution in [0.2, 0.25) is 0 Å². The van der Waals surface area contributed by atoms with Gasteiger partial charge in [-0.3, -0.25) is 4.79 Å². The number of piperazine rings is 1. The summed E-state index contributed by atoms with van der Waals surface area (Å²) in [5.41, 5.74) is 7.93. The summed E-state index contributed by atoms with van der Waals surface area (Å²) >= 11 is 0. The van der Waals surface area contributed by atoms with Crippen molar-refractivity contribution in [3.8, 4) is 17.1 Å². The minimum atomic E-state index is -0.964. The zero-order valence-electron chi connectivity index (χ0n) is 18.4. The van der Waals surface area contributed by atoms with E-state index in [2.05, 4.69) is 9.88 Å². The van der Waals surface area contributed by atoms with Crippen LogP contribution in [-0.2, 0) is 4.79 Å². The Balaban J connectivity index is 1.63. The summed E-state index contributed by atoms with van der Waals surface area (Å²) in [5, 5.41) is 21.4. The number of nitrogens with two attached hydrogens (primary N) is 1. The van der Waals surface area contributed by atoms with Gasteiger partial charge in [-0.15, -0.1) is 0 Å². The van der Waals surface area contributed by atoms with E-state index in [-0.39, 0.29) is 17.6 Å². The van der Waals surface area contributed by atoms with Gasteiger partial charge in [-0.2, -0.15) is 0 Å².